The summed E-state index contributed by atoms with van der Waals surface area (Å²) in [4.78, 5) is 4.43. The molecule has 1 aromatic heterocycles. The second kappa shape index (κ2) is 8.83. The van der Waals surface area contributed by atoms with Gasteiger partial charge in [-0.1, -0.05) is 0 Å². The average molecular weight is 256 g/mol. The Hall–Kier alpha value is -1.20. The molecule has 1 N–H and O–H groups in total. The van der Waals surface area contributed by atoms with Crippen LogP contribution >= 0.6 is 0 Å². The summed E-state index contributed by atoms with van der Waals surface area (Å²) in [6, 6.07) is 3.78. The summed E-state index contributed by atoms with van der Waals surface area (Å²) in [6.07, 6.45) is 0.407. The SMILES string of the molecule is COCCNCc1nc(C)ccc1OCCCF. The summed E-state index contributed by atoms with van der Waals surface area (Å²) < 4.78 is 22.5. The Balaban J connectivity index is 2.53. The lowest BCUT2D eigenvalue weighted by Gasteiger charge is -2.11. The third-order valence-corrected chi connectivity index (χ3v) is 2.38. The average Bonchev–Trinajstić information content (AvgIpc) is 2.37. The van der Waals surface area contributed by atoms with Gasteiger partial charge in [0.1, 0.15) is 5.75 Å². The van der Waals surface area contributed by atoms with Crippen molar-refractivity contribution >= 4 is 0 Å². The van der Waals surface area contributed by atoms with Gasteiger partial charge in [0.15, 0.2) is 0 Å². The standard InChI is InChI=1S/C13H21FN2O2/c1-11-4-5-13(18-8-3-6-14)12(16-11)10-15-7-9-17-2/h4-5,15H,3,6-10H2,1-2H3. The largest absolute Gasteiger partial charge is 0.492 e. The van der Waals surface area contributed by atoms with Gasteiger partial charge < -0.3 is 14.8 Å². The number of halogens is 1. The van der Waals surface area contributed by atoms with E-state index in [1.807, 2.05) is 19.1 Å². The Morgan fingerprint density at radius 1 is 1.33 bits per heavy atom. The van der Waals surface area contributed by atoms with Crippen molar-refractivity contribution in [3.05, 3.63) is 23.5 Å². The number of aryl methyl sites for hydroxylation is 1. The van der Waals surface area contributed by atoms with Gasteiger partial charge in [-0.3, -0.25) is 9.37 Å². The molecule has 0 bridgehead atoms. The van der Waals surface area contributed by atoms with E-state index in [1.165, 1.54) is 0 Å². The fourth-order valence-corrected chi connectivity index (χ4v) is 1.47. The third kappa shape index (κ3) is 5.42. The van der Waals surface area contributed by atoms with Crippen molar-refractivity contribution in [3.63, 3.8) is 0 Å². The van der Waals surface area contributed by atoms with Crippen LogP contribution in [0.25, 0.3) is 0 Å². The van der Waals surface area contributed by atoms with Crippen LogP contribution < -0.4 is 10.1 Å². The van der Waals surface area contributed by atoms with Crippen LogP contribution in [0.1, 0.15) is 17.8 Å². The Kier molecular flexibility index (Phi) is 7.29. The number of nitrogens with zero attached hydrogens (tertiary/aromatic N) is 1. The first kappa shape index (κ1) is 14.9. The first-order chi connectivity index (χ1) is 8.77. The number of pyridine rings is 1. The summed E-state index contributed by atoms with van der Waals surface area (Å²) >= 11 is 0. The highest BCUT2D eigenvalue weighted by Crippen LogP contribution is 2.17. The van der Waals surface area contributed by atoms with Gasteiger partial charge in [0.25, 0.3) is 0 Å². The molecule has 102 valence electrons. The highest BCUT2D eigenvalue weighted by Gasteiger charge is 2.05. The van der Waals surface area contributed by atoms with Crippen LogP contribution in [-0.2, 0) is 11.3 Å². The van der Waals surface area contributed by atoms with Gasteiger partial charge in [0, 0.05) is 32.3 Å². The molecule has 4 nitrogen and oxygen atoms in total. The minimum Gasteiger partial charge on any atom is -0.492 e. The summed E-state index contributed by atoms with van der Waals surface area (Å²) in [6.45, 7) is 3.99. The Morgan fingerprint density at radius 2 is 2.17 bits per heavy atom. The first-order valence-corrected chi connectivity index (χ1v) is 6.13. The van der Waals surface area contributed by atoms with Crippen LogP contribution in [0.3, 0.4) is 0 Å². The summed E-state index contributed by atoms with van der Waals surface area (Å²) in [5, 5.41) is 3.22. The number of ether oxygens (including phenoxy) is 2. The molecule has 0 unspecified atom stereocenters. The van der Waals surface area contributed by atoms with Crippen molar-refractivity contribution in [3.8, 4) is 5.75 Å². The van der Waals surface area contributed by atoms with Gasteiger partial charge in [0.05, 0.1) is 25.6 Å². The molecule has 1 aromatic rings. The van der Waals surface area contributed by atoms with Crippen molar-refractivity contribution in [2.24, 2.45) is 0 Å². The molecular weight excluding hydrogens is 235 g/mol. The van der Waals surface area contributed by atoms with E-state index in [4.69, 9.17) is 9.47 Å². The van der Waals surface area contributed by atoms with Crippen molar-refractivity contribution in [2.45, 2.75) is 19.9 Å². The molecule has 0 aromatic carbocycles. The molecular formula is C13H21FN2O2. The molecule has 0 saturated carbocycles. The summed E-state index contributed by atoms with van der Waals surface area (Å²) in [7, 11) is 1.66. The minimum atomic E-state index is -0.360. The van der Waals surface area contributed by atoms with E-state index in [9.17, 15) is 4.39 Å². The maximum atomic E-state index is 12.0. The van der Waals surface area contributed by atoms with Crippen LogP contribution in [-0.4, -0.2) is 38.5 Å². The van der Waals surface area contributed by atoms with E-state index in [0.717, 1.165) is 23.7 Å². The molecule has 0 aliphatic carbocycles. The van der Waals surface area contributed by atoms with E-state index in [0.29, 0.717) is 26.2 Å². The molecule has 0 amide bonds. The van der Waals surface area contributed by atoms with Crippen LogP contribution in [0.2, 0.25) is 0 Å². The van der Waals surface area contributed by atoms with Crippen LogP contribution in [0.15, 0.2) is 12.1 Å². The lowest BCUT2D eigenvalue weighted by molar-refractivity contribution is 0.198. The molecule has 1 rings (SSSR count). The molecule has 1 heterocycles. The van der Waals surface area contributed by atoms with Crippen molar-refractivity contribution < 1.29 is 13.9 Å². The second-order valence-corrected chi connectivity index (χ2v) is 3.96. The Morgan fingerprint density at radius 3 is 2.89 bits per heavy atom. The highest BCUT2D eigenvalue weighted by atomic mass is 19.1. The zero-order chi connectivity index (χ0) is 13.2. The van der Waals surface area contributed by atoms with E-state index < -0.39 is 0 Å². The normalized spacial score (nSPS) is 10.6. The molecule has 0 radical (unpaired) electrons. The number of hydrogen-bond donors (Lipinski definition) is 1. The topological polar surface area (TPSA) is 43.4 Å². The number of rotatable bonds is 9. The van der Waals surface area contributed by atoms with E-state index in [-0.39, 0.29) is 6.67 Å². The highest BCUT2D eigenvalue weighted by molar-refractivity contribution is 5.29. The molecule has 0 aliphatic rings. The van der Waals surface area contributed by atoms with Crippen molar-refractivity contribution in [2.75, 3.05) is 33.5 Å². The molecule has 5 heteroatoms. The van der Waals surface area contributed by atoms with E-state index in [1.54, 1.807) is 7.11 Å². The van der Waals surface area contributed by atoms with Gasteiger partial charge in [-0.2, -0.15) is 0 Å². The molecule has 0 atom stereocenters. The van der Waals surface area contributed by atoms with E-state index in [2.05, 4.69) is 10.3 Å². The Labute approximate surface area is 108 Å². The fraction of sp³-hybridized carbons (Fsp3) is 0.615. The van der Waals surface area contributed by atoms with Crippen molar-refractivity contribution in [1.82, 2.24) is 10.3 Å². The third-order valence-electron chi connectivity index (χ3n) is 2.38. The first-order valence-electron chi connectivity index (χ1n) is 6.13. The Bertz CT molecular complexity index is 348. The molecule has 0 saturated heterocycles. The molecule has 0 aliphatic heterocycles. The van der Waals surface area contributed by atoms with Gasteiger partial charge >= 0.3 is 0 Å². The number of aromatic nitrogens is 1. The van der Waals surface area contributed by atoms with Gasteiger partial charge in [-0.15, -0.1) is 0 Å². The predicted molar refractivity (Wildman–Crippen MR) is 68.6 cm³/mol. The lowest BCUT2D eigenvalue weighted by atomic mass is 10.3. The van der Waals surface area contributed by atoms with Crippen LogP contribution in [0.4, 0.5) is 4.39 Å². The quantitative estimate of drug-likeness (QED) is 0.685. The van der Waals surface area contributed by atoms with Gasteiger partial charge in [0.2, 0.25) is 0 Å². The van der Waals surface area contributed by atoms with Crippen molar-refractivity contribution in [1.29, 1.82) is 0 Å². The monoisotopic (exact) mass is 256 g/mol. The smallest absolute Gasteiger partial charge is 0.142 e. The lowest BCUT2D eigenvalue weighted by Crippen LogP contribution is -2.20. The second-order valence-electron chi connectivity index (χ2n) is 3.96. The summed E-state index contributed by atoms with van der Waals surface area (Å²) in [5.74, 6) is 0.721. The number of hydrogen-bond acceptors (Lipinski definition) is 4. The number of alkyl halides is 1. The maximum absolute atomic E-state index is 12.0. The number of nitrogens with one attached hydrogen (secondary N) is 1. The molecule has 0 fully saturated rings. The van der Waals surface area contributed by atoms with Gasteiger partial charge in [-0.25, -0.2) is 0 Å². The number of methoxy groups -OCH3 is 1. The van der Waals surface area contributed by atoms with Gasteiger partial charge in [-0.05, 0) is 19.1 Å². The zero-order valence-corrected chi connectivity index (χ0v) is 11.0. The fourth-order valence-electron chi connectivity index (χ4n) is 1.47. The van der Waals surface area contributed by atoms with Crippen LogP contribution in [0.5, 0.6) is 5.75 Å². The maximum Gasteiger partial charge on any atom is 0.142 e. The predicted octanol–water partition coefficient (Wildman–Crippen LogP) is 1.86. The van der Waals surface area contributed by atoms with E-state index >= 15 is 0 Å². The summed E-state index contributed by atoms with van der Waals surface area (Å²) in [5.41, 5.74) is 1.79. The molecule has 18 heavy (non-hydrogen) atoms. The van der Waals surface area contributed by atoms with Crippen LogP contribution in [0, 0.1) is 6.92 Å². The molecule has 0 spiro atoms. The minimum absolute atomic E-state index is 0.360. The zero-order valence-electron chi connectivity index (χ0n) is 11.0.